The maximum absolute atomic E-state index is 12.5. The molecule has 1 heterocycles. The molecule has 162 valence electrons. The van der Waals surface area contributed by atoms with E-state index in [0.717, 1.165) is 52.9 Å². The molecule has 7 heteroatoms. The number of aliphatic hydroxyl groups is 1. The van der Waals surface area contributed by atoms with Crippen LogP contribution in [-0.2, 0) is 6.42 Å². The molecule has 0 aliphatic carbocycles. The fraction of sp³-hybridized carbons (Fsp3) is 0.435. The molecule has 30 heavy (non-hydrogen) atoms. The second-order valence-electron chi connectivity index (χ2n) is 7.35. The lowest BCUT2D eigenvalue weighted by Gasteiger charge is -2.26. The van der Waals surface area contributed by atoms with E-state index < -0.39 is 6.36 Å². The van der Waals surface area contributed by atoms with E-state index >= 15 is 0 Å². The minimum absolute atomic E-state index is 0.0281. The molecule has 1 aliphatic rings. The maximum atomic E-state index is 12.5. The highest BCUT2D eigenvalue weighted by molar-refractivity contribution is 5.93. The van der Waals surface area contributed by atoms with Crippen LogP contribution in [0.2, 0.25) is 0 Å². The van der Waals surface area contributed by atoms with Gasteiger partial charge in [0.15, 0.2) is 0 Å². The highest BCUT2D eigenvalue weighted by atomic mass is 19.4. The molecule has 0 saturated carbocycles. The van der Waals surface area contributed by atoms with E-state index in [0.29, 0.717) is 18.9 Å². The fourth-order valence-electron chi connectivity index (χ4n) is 4.07. The molecular weight excluding hydrogens is 393 g/mol. The zero-order valence-corrected chi connectivity index (χ0v) is 17.2. The van der Waals surface area contributed by atoms with Crippen LogP contribution in [0.1, 0.15) is 50.2 Å². The van der Waals surface area contributed by atoms with E-state index in [9.17, 15) is 18.3 Å². The Morgan fingerprint density at radius 2 is 1.93 bits per heavy atom. The predicted octanol–water partition coefficient (Wildman–Crippen LogP) is 6.21. The van der Waals surface area contributed by atoms with Crippen LogP contribution in [0.4, 0.5) is 24.5 Å². The lowest BCUT2D eigenvalue weighted by Crippen LogP contribution is -2.17. The van der Waals surface area contributed by atoms with Crippen LogP contribution in [0.3, 0.4) is 0 Å². The molecule has 2 N–H and O–H groups in total. The van der Waals surface area contributed by atoms with Crippen molar-refractivity contribution in [2.75, 3.05) is 18.5 Å². The van der Waals surface area contributed by atoms with Gasteiger partial charge in [0.25, 0.3) is 0 Å². The first-order valence-electron chi connectivity index (χ1n) is 10.3. The highest BCUT2D eigenvalue weighted by Gasteiger charge is 2.31. The standard InChI is InChI=1S/C23H27F3N2O2/c1-3-5-15(4-2)19-14-20(16-6-8-17(9-7-16)30-23(24,25)26)22-21(18(19)10-13-29)27-11-12-28-22/h6-9,11,14-15,28-29H,3-5,10,12-13H2,1-2H3. The van der Waals surface area contributed by atoms with Gasteiger partial charge < -0.3 is 15.2 Å². The van der Waals surface area contributed by atoms with Gasteiger partial charge in [-0.3, -0.25) is 4.99 Å². The number of ether oxygens (including phenoxy) is 1. The van der Waals surface area contributed by atoms with Crippen LogP contribution in [0.15, 0.2) is 35.3 Å². The molecular formula is C23H27F3N2O2. The molecule has 3 rings (SSSR count). The molecule has 1 unspecified atom stereocenters. The molecule has 0 aromatic heterocycles. The number of nitrogens with zero attached hydrogens (tertiary/aromatic N) is 1. The Morgan fingerprint density at radius 1 is 1.20 bits per heavy atom. The first-order chi connectivity index (χ1) is 14.4. The van der Waals surface area contributed by atoms with Crippen LogP contribution in [0, 0.1) is 0 Å². The molecule has 2 aromatic rings. The summed E-state index contributed by atoms with van der Waals surface area (Å²) in [5, 5.41) is 13.0. The summed E-state index contributed by atoms with van der Waals surface area (Å²) >= 11 is 0. The third kappa shape index (κ3) is 4.95. The van der Waals surface area contributed by atoms with Crippen molar-refractivity contribution in [1.29, 1.82) is 0 Å². The van der Waals surface area contributed by atoms with Gasteiger partial charge in [0.1, 0.15) is 5.75 Å². The number of hydrogen-bond donors (Lipinski definition) is 2. The van der Waals surface area contributed by atoms with E-state index in [2.05, 4.69) is 35.0 Å². The zero-order valence-electron chi connectivity index (χ0n) is 17.2. The lowest BCUT2D eigenvalue weighted by atomic mass is 9.83. The van der Waals surface area contributed by atoms with Gasteiger partial charge in [-0.25, -0.2) is 0 Å². The van der Waals surface area contributed by atoms with Crippen LogP contribution < -0.4 is 10.1 Å². The monoisotopic (exact) mass is 420 g/mol. The van der Waals surface area contributed by atoms with Crippen LogP contribution in [0.25, 0.3) is 11.1 Å². The van der Waals surface area contributed by atoms with Gasteiger partial charge in [0.2, 0.25) is 0 Å². The third-order valence-electron chi connectivity index (χ3n) is 5.36. The first-order valence-corrected chi connectivity index (χ1v) is 10.3. The van der Waals surface area contributed by atoms with Gasteiger partial charge in [-0.05, 0) is 60.1 Å². The molecule has 1 aliphatic heterocycles. The van der Waals surface area contributed by atoms with Gasteiger partial charge in [0.05, 0.1) is 17.9 Å². The fourth-order valence-corrected chi connectivity index (χ4v) is 4.07. The predicted molar refractivity (Wildman–Crippen MR) is 114 cm³/mol. The van der Waals surface area contributed by atoms with Gasteiger partial charge in [-0.1, -0.05) is 32.4 Å². The number of aliphatic hydroxyl groups excluding tert-OH is 1. The van der Waals surface area contributed by atoms with Crippen molar-refractivity contribution in [3.05, 3.63) is 41.5 Å². The number of aliphatic imine (C=N–C) groups is 1. The van der Waals surface area contributed by atoms with Crippen molar-refractivity contribution >= 4 is 17.6 Å². The summed E-state index contributed by atoms with van der Waals surface area (Å²) in [7, 11) is 0. The Balaban J connectivity index is 2.13. The zero-order chi connectivity index (χ0) is 21.7. The molecule has 2 aromatic carbocycles. The van der Waals surface area contributed by atoms with Crippen LogP contribution in [0.5, 0.6) is 5.75 Å². The number of hydrogen-bond acceptors (Lipinski definition) is 4. The number of halogens is 3. The van der Waals surface area contributed by atoms with Crippen molar-refractivity contribution in [2.45, 2.75) is 51.8 Å². The first kappa shape index (κ1) is 22.2. The van der Waals surface area contributed by atoms with Crippen molar-refractivity contribution in [2.24, 2.45) is 4.99 Å². The summed E-state index contributed by atoms with van der Waals surface area (Å²) in [6.07, 6.45) is 0.606. The molecule has 0 amide bonds. The quantitative estimate of drug-likeness (QED) is 0.534. The molecule has 4 nitrogen and oxygen atoms in total. The largest absolute Gasteiger partial charge is 0.573 e. The molecule has 0 fully saturated rings. The minimum atomic E-state index is -4.72. The summed E-state index contributed by atoms with van der Waals surface area (Å²) < 4.78 is 41.5. The Labute approximate surface area is 174 Å². The van der Waals surface area contributed by atoms with E-state index in [4.69, 9.17) is 0 Å². The van der Waals surface area contributed by atoms with E-state index in [-0.39, 0.29) is 12.4 Å². The second-order valence-corrected chi connectivity index (χ2v) is 7.35. The topological polar surface area (TPSA) is 53.9 Å². The number of benzene rings is 2. The molecule has 0 spiro atoms. The summed E-state index contributed by atoms with van der Waals surface area (Å²) in [6, 6.07) is 8.03. The van der Waals surface area contributed by atoms with E-state index in [1.807, 2.05) is 0 Å². The Kier molecular flexibility index (Phi) is 7.02. The molecule has 0 radical (unpaired) electrons. The summed E-state index contributed by atoms with van der Waals surface area (Å²) in [6.45, 7) is 4.89. The SMILES string of the molecule is CCCC(CC)c1cc(-c2ccc(OC(F)(F)F)cc2)c2c(c1CCO)N=CCN2. The second kappa shape index (κ2) is 9.51. The van der Waals surface area contributed by atoms with Gasteiger partial charge in [-0.15, -0.1) is 13.2 Å². The van der Waals surface area contributed by atoms with Gasteiger partial charge in [-0.2, -0.15) is 0 Å². The normalized spacial score (nSPS) is 14.2. The Bertz CT molecular complexity index is 893. The Hall–Kier alpha value is -2.54. The molecule has 1 atom stereocenters. The smallest absolute Gasteiger partial charge is 0.406 e. The average Bonchev–Trinajstić information content (AvgIpc) is 2.72. The van der Waals surface area contributed by atoms with Crippen molar-refractivity contribution in [1.82, 2.24) is 0 Å². The molecule has 0 saturated heterocycles. The summed E-state index contributed by atoms with van der Waals surface area (Å²) in [5.74, 6) is 0.0752. The molecule has 0 bridgehead atoms. The van der Waals surface area contributed by atoms with Gasteiger partial charge in [0, 0.05) is 18.4 Å². The lowest BCUT2D eigenvalue weighted by molar-refractivity contribution is -0.274. The average molecular weight is 420 g/mol. The number of fused-ring (bicyclic) bond motifs is 1. The summed E-state index contributed by atoms with van der Waals surface area (Å²) in [4.78, 5) is 4.63. The van der Waals surface area contributed by atoms with E-state index in [1.165, 1.54) is 12.1 Å². The van der Waals surface area contributed by atoms with E-state index in [1.54, 1.807) is 18.3 Å². The maximum Gasteiger partial charge on any atom is 0.573 e. The minimum Gasteiger partial charge on any atom is -0.406 e. The van der Waals surface area contributed by atoms with Crippen molar-refractivity contribution in [3.63, 3.8) is 0 Å². The Morgan fingerprint density at radius 3 is 2.53 bits per heavy atom. The number of alkyl halides is 3. The number of rotatable bonds is 8. The highest BCUT2D eigenvalue weighted by Crippen LogP contribution is 2.45. The number of nitrogens with one attached hydrogen (secondary N) is 1. The third-order valence-corrected chi connectivity index (χ3v) is 5.36. The van der Waals surface area contributed by atoms with Crippen molar-refractivity contribution < 1.29 is 23.0 Å². The van der Waals surface area contributed by atoms with Crippen LogP contribution in [-0.4, -0.2) is 30.8 Å². The van der Waals surface area contributed by atoms with Gasteiger partial charge >= 0.3 is 6.36 Å². The van der Waals surface area contributed by atoms with Crippen LogP contribution >= 0.6 is 0 Å². The summed E-state index contributed by atoms with van der Waals surface area (Å²) in [5.41, 5.74) is 5.53. The van der Waals surface area contributed by atoms with Crippen molar-refractivity contribution in [3.8, 4) is 16.9 Å². The number of anilines is 1.